The summed E-state index contributed by atoms with van der Waals surface area (Å²) >= 11 is 0. The molecule has 2 rings (SSSR count). The van der Waals surface area contributed by atoms with E-state index in [0.717, 1.165) is 12.0 Å². The Bertz CT molecular complexity index is 115. The fraction of sp³-hybridized carbons (Fsp3) is 1.00. The molecule has 1 aliphatic carbocycles. The summed E-state index contributed by atoms with van der Waals surface area (Å²) in [5.74, 6) is 0.907. The normalized spacial score (nSPS) is 32.2. The molecular weight excluding hydrogens is 136 g/mol. The molecule has 0 aromatic heterocycles. The monoisotopic (exact) mass is 154 g/mol. The van der Waals surface area contributed by atoms with Gasteiger partial charge in [-0.1, -0.05) is 0 Å². The highest BCUT2D eigenvalue weighted by atomic mass is 15.0. The van der Waals surface area contributed by atoms with E-state index in [2.05, 4.69) is 10.6 Å². The molecule has 0 unspecified atom stereocenters. The molecule has 1 atom stereocenters. The number of hydrogen-bond donors (Lipinski definition) is 2. The van der Waals surface area contributed by atoms with E-state index in [1.165, 1.54) is 45.3 Å². The van der Waals surface area contributed by atoms with Gasteiger partial charge in [-0.3, -0.25) is 0 Å². The van der Waals surface area contributed by atoms with Gasteiger partial charge in [0.1, 0.15) is 0 Å². The molecule has 64 valence electrons. The maximum atomic E-state index is 3.59. The van der Waals surface area contributed by atoms with E-state index < -0.39 is 0 Å². The van der Waals surface area contributed by atoms with E-state index in [1.54, 1.807) is 0 Å². The van der Waals surface area contributed by atoms with Crippen LogP contribution in [-0.2, 0) is 0 Å². The zero-order valence-corrected chi connectivity index (χ0v) is 7.10. The van der Waals surface area contributed by atoms with Gasteiger partial charge in [0.2, 0.25) is 0 Å². The lowest BCUT2D eigenvalue weighted by Crippen LogP contribution is -2.36. The van der Waals surface area contributed by atoms with E-state index in [0.29, 0.717) is 0 Å². The molecule has 1 aliphatic heterocycles. The third kappa shape index (κ3) is 2.46. The Morgan fingerprint density at radius 1 is 1.27 bits per heavy atom. The topological polar surface area (TPSA) is 24.1 Å². The summed E-state index contributed by atoms with van der Waals surface area (Å²) < 4.78 is 0. The Hall–Kier alpha value is -0.0800. The zero-order valence-electron chi connectivity index (χ0n) is 7.10. The Morgan fingerprint density at radius 2 is 2.18 bits per heavy atom. The second-order valence-corrected chi connectivity index (χ2v) is 3.89. The lowest BCUT2D eigenvalue weighted by atomic mass is 10.00. The summed E-state index contributed by atoms with van der Waals surface area (Å²) in [5.41, 5.74) is 0. The van der Waals surface area contributed by atoms with Crippen LogP contribution in [0.2, 0.25) is 0 Å². The fourth-order valence-electron chi connectivity index (χ4n) is 1.72. The molecule has 2 fully saturated rings. The minimum Gasteiger partial charge on any atom is -0.316 e. The summed E-state index contributed by atoms with van der Waals surface area (Å²) in [7, 11) is 0. The standard InChI is InChI=1S/C9H18N2/c1-2-8(6-10-5-1)7-11-9-3-4-9/h8-11H,1-7H2/t8-/m0/s1. The van der Waals surface area contributed by atoms with Crippen molar-refractivity contribution in [2.24, 2.45) is 5.92 Å². The van der Waals surface area contributed by atoms with Gasteiger partial charge in [0, 0.05) is 6.04 Å². The smallest absolute Gasteiger partial charge is 0.00683 e. The predicted molar refractivity (Wildman–Crippen MR) is 46.6 cm³/mol. The predicted octanol–water partition coefficient (Wildman–Crippen LogP) is 0.738. The summed E-state index contributed by atoms with van der Waals surface area (Å²) in [6, 6.07) is 0.886. The van der Waals surface area contributed by atoms with Crippen LogP contribution in [0.3, 0.4) is 0 Å². The van der Waals surface area contributed by atoms with Crippen LogP contribution >= 0.6 is 0 Å². The van der Waals surface area contributed by atoms with Crippen LogP contribution in [0.25, 0.3) is 0 Å². The van der Waals surface area contributed by atoms with E-state index in [9.17, 15) is 0 Å². The first-order valence-corrected chi connectivity index (χ1v) is 4.89. The molecule has 2 aliphatic rings. The first-order chi connectivity index (χ1) is 5.45. The van der Waals surface area contributed by atoms with Crippen molar-refractivity contribution in [1.29, 1.82) is 0 Å². The van der Waals surface area contributed by atoms with Gasteiger partial charge in [0.05, 0.1) is 0 Å². The molecule has 0 bridgehead atoms. The molecule has 0 radical (unpaired) electrons. The van der Waals surface area contributed by atoms with Crippen molar-refractivity contribution in [3.63, 3.8) is 0 Å². The van der Waals surface area contributed by atoms with Gasteiger partial charge in [-0.15, -0.1) is 0 Å². The molecule has 0 aromatic carbocycles. The molecule has 1 saturated heterocycles. The Morgan fingerprint density at radius 3 is 2.82 bits per heavy atom. The Kier molecular flexibility index (Phi) is 2.44. The van der Waals surface area contributed by atoms with Crippen molar-refractivity contribution in [2.45, 2.75) is 31.7 Å². The quantitative estimate of drug-likeness (QED) is 0.626. The van der Waals surface area contributed by atoms with E-state index >= 15 is 0 Å². The molecule has 11 heavy (non-hydrogen) atoms. The van der Waals surface area contributed by atoms with Crippen LogP contribution in [0.5, 0.6) is 0 Å². The van der Waals surface area contributed by atoms with Crippen LogP contribution < -0.4 is 10.6 Å². The summed E-state index contributed by atoms with van der Waals surface area (Å²) in [6.45, 7) is 3.72. The average Bonchev–Trinajstić information content (AvgIpc) is 2.86. The lowest BCUT2D eigenvalue weighted by Gasteiger charge is -2.22. The van der Waals surface area contributed by atoms with Gasteiger partial charge in [-0.2, -0.15) is 0 Å². The zero-order chi connectivity index (χ0) is 7.52. The molecule has 1 heterocycles. The molecular formula is C9H18N2. The van der Waals surface area contributed by atoms with Crippen molar-refractivity contribution in [3.05, 3.63) is 0 Å². The molecule has 0 spiro atoms. The van der Waals surface area contributed by atoms with Crippen LogP contribution in [0.15, 0.2) is 0 Å². The van der Waals surface area contributed by atoms with Crippen molar-refractivity contribution in [2.75, 3.05) is 19.6 Å². The third-order valence-corrected chi connectivity index (χ3v) is 2.67. The first kappa shape index (κ1) is 7.56. The number of hydrogen-bond acceptors (Lipinski definition) is 2. The van der Waals surface area contributed by atoms with Gasteiger partial charge in [-0.25, -0.2) is 0 Å². The van der Waals surface area contributed by atoms with Gasteiger partial charge in [-0.05, 0) is 51.2 Å². The fourth-order valence-corrected chi connectivity index (χ4v) is 1.72. The number of nitrogens with one attached hydrogen (secondary N) is 2. The van der Waals surface area contributed by atoms with E-state index in [4.69, 9.17) is 0 Å². The Labute approximate surface area is 68.7 Å². The molecule has 0 aromatic rings. The Balaban J connectivity index is 1.59. The molecule has 0 amide bonds. The maximum absolute atomic E-state index is 3.59. The van der Waals surface area contributed by atoms with Crippen molar-refractivity contribution in [3.8, 4) is 0 Å². The largest absolute Gasteiger partial charge is 0.316 e. The third-order valence-electron chi connectivity index (χ3n) is 2.67. The molecule has 2 N–H and O–H groups in total. The van der Waals surface area contributed by atoms with Gasteiger partial charge in [0.15, 0.2) is 0 Å². The first-order valence-electron chi connectivity index (χ1n) is 4.89. The van der Waals surface area contributed by atoms with Gasteiger partial charge >= 0.3 is 0 Å². The van der Waals surface area contributed by atoms with Crippen molar-refractivity contribution in [1.82, 2.24) is 10.6 Å². The molecule has 1 saturated carbocycles. The highest BCUT2D eigenvalue weighted by Crippen LogP contribution is 2.19. The SMILES string of the molecule is C1CNC[C@@H](CNC2CC2)C1. The molecule has 2 nitrogen and oxygen atoms in total. The highest BCUT2D eigenvalue weighted by Gasteiger charge is 2.22. The second-order valence-electron chi connectivity index (χ2n) is 3.89. The van der Waals surface area contributed by atoms with Crippen LogP contribution in [0, 0.1) is 5.92 Å². The van der Waals surface area contributed by atoms with Crippen molar-refractivity contribution >= 4 is 0 Å². The van der Waals surface area contributed by atoms with E-state index in [-0.39, 0.29) is 0 Å². The highest BCUT2D eigenvalue weighted by molar-refractivity contribution is 4.82. The average molecular weight is 154 g/mol. The lowest BCUT2D eigenvalue weighted by molar-refractivity contribution is 0.359. The summed E-state index contributed by atoms with van der Waals surface area (Å²) in [6.07, 6.45) is 5.63. The number of rotatable bonds is 3. The van der Waals surface area contributed by atoms with Gasteiger partial charge in [0.25, 0.3) is 0 Å². The minimum absolute atomic E-state index is 0.886. The van der Waals surface area contributed by atoms with Crippen LogP contribution in [0.1, 0.15) is 25.7 Å². The maximum Gasteiger partial charge on any atom is 0.00683 e. The van der Waals surface area contributed by atoms with Gasteiger partial charge < -0.3 is 10.6 Å². The number of piperidine rings is 1. The minimum atomic E-state index is 0.886. The van der Waals surface area contributed by atoms with Crippen LogP contribution in [0.4, 0.5) is 0 Å². The van der Waals surface area contributed by atoms with Crippen molar-refractivity contribution < 1.29 is 0 Å². The van der Waals surface area contributed by atoms with E-state index in [1.807, 2.05) is 0 Å². The summed E-state index contributed by atoms with van der Waals surface area (Å²) in [4.78, 5) is 0. The van der Waals surface area contributed by atoms with Crippen LogP contribution in [-0.4, -0.2) is 25.7 Å². The summed E-state index contributed by atoms with van der Waals surface area (Å²) in [5, 5.41) is 7.03. The molecule has 2 heteroatoms. The second kappa shape index (κ2) is 3.55.